The molecule has 0 aliphatic carbocycles. The molecule has 1 fully saturated rings. The molecule has 3 atom stereocenters. The molecular formula is C46H41F3N2O9. The lowest BCUT2D eigenvalue weighted by atomic mass is 10.0. The largest absolute Gasteiger partial charge is 0.497 e. The summed E-state index contributed by atoms with van der Waals surface area (Å²) in [6, 6.07) is 40.7. The van der Waals surface area contributed by atoms with Crippen molar-refractivity contribution in [2.24, 2.45) is 0 Å². The summed E-state index contributed by atoms with van der Waals surface area (Å²) in [5.74, 6) is -1.65. The van der Waals surface area contributed by atoms with Crippen molar-refractivity contribution in [1.29, 1.82) is 0 Å². The maximum Gasteiger partial charge on any atom is 0.435 e. The Bertz CT molecular complexity index is 2310. The molecule has 1 saturated heterocycles. The number of halogens is 3. The second-order valence-electron chi connectivity index (χ2n) is 13.6. The first-order chi connectivity index (χ1) is 29.0. The Morgan fingerprint density at radius 1 is 0.733 bits per heavy atom. The molecule has 0 spiro atoms. The Labute approximate surface area is 343 Å². The summed E-state index contributed by atoms with van der Waals surface area (Å²) in [5, 5.41) is 12.4. The number of aromatic carboxylic acids is 1. The Morgan fingerprint density at radius 3 is 1.82 bits per heavy atom. The minimum atomic E-state index is -4.81. The van der Waals surface area contributed by atoms with Crippen molar-refractivity contribution >= 4 is 17.9 Å². The third-order valence-corrected chi connectivity index (χ3v) is 9.26. The Morgan fingerprint density at radius 2 is 1.28 bits per heavy atom. The SMILES string of the molecule is COc1ccc(Cc2c(C(F)(F)F)nn(Cc3ccccc3)c2OC2CC(OC(=O)c3ccccc3)CC(COC(=O)c3ccccc3)O2)cc1.O=C(O)c1ccccc1. The van der Waals surface area contributed by atoms with E-state index in [-0.39, 0.29) is 43.9 Å². The van der Waals surface area contributed by atoms with E-state index in [0.29, 0.717) is 33.6 Å². The van der Waals surface area contributed by atoms with Crippen molar-refractivity contribution in [3.8, 4) is 11.6 Å². The number of rotatable bonds is 13. The fraction of sp³-hybridized carbons (Fsp3) is 0.217. The first kappa shape index (κ1) is 42.7. The van der Waals surface area contributed by atoms with Crippen LogP contribution < -0.4 is 9.47 Å². The van der Waals surface area contributed by atoms with Crippen LogP contribution in [0.3, 0.4) is 0 Å². The van der Waals surface area contributed by atoms with Gasteiger partial charge in [-0.1, -0.05) is 97.1 Å². The zero-order valence-electron chi connectivity index (χ0n) is 32.4. The van der Waals surface area contributed by atoms with E-state index in [4.69, 9.17) is 28.8 Å². The van der Waals surface area contributed by atoms with E-state index in [1.165, 1.54) is 11.8 Å². The molecule has 3 unspecified atom stereocenters. The zero-order valence-corrected chi connectivity index (χ0v) is 32.4. The van der Waals surface area contributed by atoms with Gasteiger partial charge in [0.15, 0.2) is 5.69 Å². The quantitative estimate of drug-likeness (QED) is 0.113. The first-order valence-corrected chi connectivity index (χ1v) is 18.9. The topological polar surface area (TPSA) is 135 Å². The van der Waals surface area contributed by atoms with Crippen molar-refractivity contribution in [2.45, 2.75) is 50.5 Å². The van der Waals surface area contributed by atoms with Gasteiger partial charge < -0.3 is 28.8 Å². The highest BCUT2D eigenvalue weighted by molar-refractivity contribution is 5.90. The Hall–Kier alpha value is -6.93. The second kappa shape index (κ2) is 20.2. The van der Waals surface area contributed by atoms with Crippen molar-refractivity contribution in [3.63, 3.8) is 0 Å². The van der Waals surface area contributed by atoms with Gasteiger partial charge in [0.2, 0.25) is 12.2 Å². The van der Waals surface area contributed by atoms with Crippen molar-refractivity contribution in [2.75, 3.05) is 13.7 Å². The molecule has 11 nitrogen and oxygen atoms in total. The van der Waals surface area contributed by atoms with Gasteiger partial charge in [0, 0.05) is 19.3 Å². The van der Waals surface area contributed by atoms with Crippen LogP contribution in [0.1, 0.15) is 66.3 Å². The molecule has 1 aliphatic heterocycles. The summed E-state index contributed by atoms with van der Waals surface area (Å²) in [5.41, 5.74) is 0.960. The van der Waals surface area contributed by atoms with E-state index in [1.807, 2.05) is 0 Å². The van der Waals surface area contributed by atoms with Crippen LogP contribution in [0.4, 0.5) is 13.2 Å². The summed E-state index contributed by atoms with van der Waals surface area (Å²) in [7, 11) is 1.50. The number of carboxylic acids is 1. The molecule has 7 rings (SSSR count). The molecular weight excluding hydrogens is 782 g/mol. The highest BCUT2D eigenvalue weighted by atomic mass is 19.4. The summed E-state index contributed by atoms with van der Waals surface area (Å²) in [6.07, 6.45) is -7.64. The third kappa shape index (κ3) is 11.8. The lowest BCUT2D eigenvalue weighted by Crippen LogP contribution is -2.43. The van der Waals surface area contributed by atoms with Crippen molar-refractivity contribution in [1.82, 2.24) is 9.78 Å². The molecule has 310 valence electrons. The van der Waals surface area contributed by atoms with Gasteiger partial charge in [-0.05, 0) is 59.7 Å². The lowest BCUT2D eigenvalue weighted by molar-refractivity contribution is -0.187. The number of esters is 2. The number of nitrogens with zero attached hydrogens (tertiary/aromatic N) is 2. The van der Waals surface area contributed by atoms with Crippen LogP contribution in [0.15, 0.2) is 146 Å². The molecule has 1 aromatic heterocycles. The van der Waals surface area contributed by atoms with E-state index in [2.05, 4.69) is 5.10 Å². The molecule has 0 saturated carbocycles. The van der Waals surface area contributed by atoms with Crippen LogP contribution in [0, 0.1) is 0 Å². The number of hydrogen-bond donors (Lipinski definition) is 1. The number of methoxy groups -OCH3 is 1. The molecule has 1 N–H and O–H groups in total. The number of benzene rings is 5. The molecule has 60 heavy (non-hydrogen) atoms. The van der Waals surface area contributed by atoms with Crippen LogP contribution in [-0.4, -0.2) is 65.0 Å². The number of carbonyl (C=O) groups excluding carboxylic acids is 2. The lowest BCUT2D eigenvalue weighted by Gasteiger charge is -2.34. The predicted molar refractivity (Wildman–Crippen MR) is 213 cm³/mol. The molecule has 0 radical (unpaired) electrons. The van der Waals surface area contributed by atoms with Crippen LogP contribution in [0.25, 0.3) is 0 Å². The highest BCUT2D eigenvalue weighted by Crippen LogP contribution is 2.39. The molecule has 2 heterocycles. The van der Waals surface area contributed by atoms with Crippen LogP contribution in [0.5, 0.6) is 11.6 Å². The summed E-state index contributed by atoms with van der Waals surface area (Å²) >= 11 is 0. The maximum atomic E-state index is 14.6. The van der Waals surface area contributed by atoms with Gasteiger partial charge in [-0.2, -0.15) is 18.3 Å². The van der Waals surface area contributed by atoms with E-state index < -0.39 is 48.3 Å². The fourth-order valence-corrected chi connectivity index (χ4v) is 6.35. The minimum absolute atomic E-state index is 0.0124. The molecule has 0 amide bonds. The molecule has 14 heteroatoms. The van der Waals surface area contributed by atoms with Gasteiger partial charge in [-0.3, -0.25) is 0 Å². The average Bonchev–Trinajstić information content (AvgIpc) is 3.60. The monoisotopic (exact) mass is 822 g/mol. The molecule has 1 aliphatic rings. The minimum Gasteiger partial charge on any atom is -0.497 e. The van der Waals surface area contributed by atoms with Gasteiger partial charge in [-0.25, -0.2) is 19.1 Å². The average molecular weight is 823 g/mol. The number of carbonyl (C=O) groups is 3. The van der Waals surface area contributed by atoms with Gasteiger partial charge in [0.05, 0.1) is 42.0 Å². The smallest absolute Gasteiger partial charge is 0.435 e. The normalized spacial score (nSPS) is 16.1. The van der Waals surface area contributed by atoms with Crippen LogP contribution in [-0.2, 0) is 33.4 Å². The first-order valence-electron chi connectivity index (χ1n) is 18.9. The van der Waals surface area contributed by atoms with Crippen LogP contribution in [0.2, 0.25) is 0 Å². The van der Waals surface area contributed by atoms with Gasteiger partial charge in [-0.15, -0.1) is 0 Å². The Kier molecular flexibility index (Phi) is 14.3. The third-order valence-electron chi connectivity index (χ3n) is 9.26. The summed E-state index contributed by atoms with van der Waals surface area (Å²) in [4.78, 5) is 36.0. The molecule has 5 aromatic carbocycles. The second-order valence-corrected chi connectivity index (χ2v) is 13.6. The zero-order chi connectivity index (χ0) is 42.5. The Balaban J connectivity index is 0.000000594. The van der Waals surface area contributed by atoms with E-state index in [1.54, 1.807) is 146 Å². The summed E-state index contributed by atoms with van der Waals surface area (Å²) in [6.45, 7) is -0.248. The number of carboxylic acid groups (broad SMARTS) is 1. The number of alkyl halides is 3. The number of ether oxygens (including phenoxy) is 5. The van der Waals surface area contributed by atoms with Crippen molar-refractivity contribution < 1.29 is 56.3 Å². The van der Waals surface area contributed by atoms with E-state index in [9.17, 15) is 27.6 Å². The standard InChI is InChI=1S/C39H35F3N2O7.C7H6O2/c1-47-30-19-17-26(18-20-30)21-33-35(39(40,41)42)43-44(24-27-11-5-2-6-12-27)36(33)51-34-23-31(50-38(46)29-15-9-4-10-16-29)22-32(49-34)25-48-37(45)28-13-7-3-8-14-28;8-7(9)6-4-2-1-3-5-6/h2-20,31-32,34H,21-25H2,1H3;1-5H,(H,8,9). The highest BCUT2D eigenvalue weighted by Gasteiger charge is 2.42. The van der Waals surface area contributed by atoms with Crippen molar-refractivity contribution in [3.05, 3.63) is 185 Å². The molecule has 6 aromatic rings. The fourth-order valence-electron chi connectivity index (χ4n) is 6.35. The number of hydrogen-bond acceptors (Lipinski definition) is 9. The maximum absolute atomic E-state index is 14.6. The van der Waals surface area contributed by atoms with Gasteiger partial charge in [0.25, 0.3) is 0 Å². The van der Waals surface area contributed by atoms with Crippen LogP contribution >= 0.6 is 0 Å². The van der Waals surface area contributed by atoms with Gasteiger partial charge >= 0.3 is 24.1 Å². The number of aromatic nitrogens is 2. The predicted octanol–water partition coefficient (Wildman–Crippen LogP) is 8.90. The van der Waals surface area contributed by atoms with Gasteiger partial charge in [0.1, 0.15) is 18.5 Å². The molecule has 0 bridgehead atoms. The summed E-state index contributed by atoms with van der Waals surface area (Å²) < 4.78 is 74.2. The van der Waals surface area contributed by atoms with E-state index in [0.717, 1.165) is 0 Å². The van der Waals surface area contributed by atoms with E-state index >= 15 is 0 Å².